The van der Waals surface area contributed by atoms with Gasteiger partial charge in [0.1, 0.15) is 0 Å². The molecule has 1 aliphatic rings. The first-order valence-corrected chi connectivity index (χ1v) is 6.59. The number of hydrogen-bond acceptors (Lipinski definition) is 1. The summed E-state index contributed by atoms with van der Waals surface area (Å²) in [6.45, 7) is 0. The smallest absolute Gasteiger partial charge is 0.0303 e. The normalized spacial score (nSPS) is 20.9. The van der Waals surface area contributed by atoms with Crippen LogP contribution in [0.3, 0.4) is 0 Å². The van der Waals surface area contributed by atoms with Crippen LogP contribution in [0.15, 0.2) is 42.5 Å². The second-order valence-corrected chi connectivity index (χ2v) is 5.38. The predicted octanol–water partition coefficient (Wildman–Crippen LogP) is 4.41. The monoisotopic (exact) mass is 214 g/mol. The van der Waals surface area contributed by atoms with Crippen LogP contribution in [0.2, 0.25) is 0 Å². The summed E-state index contributed by atoms with van der Waals surface area (Å²) in [5.74, 6) is 1.33. The van der Waals surface area contributed by atoms with Gasteiger partial charge < -0.3 is 0 Å². The van der Waals surface area contributed by atoms with Crippen LogP contribution in [0.25, 0.3) is 10.8 Å². The van der Waals surface area contributed by atoms with Gasteiger partial charge in [-0.3, -0.25) is 0 Å². The van der Waals surface area contributed by atoms with Crippen molar-refractivity contribution in [2.45, 2.75) is 18.1 Å². The second-order valence-electron chi connectivity index (χ2n) is 4.07. The fourth-order valence-electron chi connectivity index (χ4n) is 2.35. The van der Waals surface area contributed by atoms with Crippen LogP contribution in [0.5, 0.6) is 0 Å². The van der Waals surface area contributed by atoms with E-state index in [9.17, 15) is 0 Å². The summed E-state index contributed by atoms with van der Waals surface area (Å²) in [4.78, 5) is 0. The molecule has 0 radical (unpaired) electrons. The van der Waals surface area contributed by atoms with Gasteiger partial charge in [0.05, 0.1) is 0 Å². The summed E-state index contributed by atoms with van der Waals surface area (Å²) in [7, 11) is 0. The number of fused-ring (bicyclic) bond motifs is 1. The quantitative estimate of drug-likeness (QED) is 0.677. The zero-order valence-electron chi connectivity index (χ0n) is 8.65. The van der Waals surface area contributed by atoms with Gasteiger partial charge in [-0.15, -0.1) is 0 Å². The Labute approximate surface area is 94.7 Å². The third-order valence-electron chi connectivity index (χ3n) is 3.10. The SMILES string of the molecule is c1ccc2c(C3CCCS3)cccc2c1. The van der Waals surface area contributed by atoms with E-state index in [-0.39, 0.29) is 0 Å². The summed E-state index contributed by atoms with van der Waals surface area (Å²) in [5.41, 5.74) is 1.54. The predicted molar refractivity (Wildman–Crippen MR) is 68.4 cm³/mol. The van der Waals surface area contributed by atoms with Crippen molar-refractivity contribution >= 4 is 22.5 Å². The molecule has 0 amide bonds. The molecule has 1 fully saturated rings. The molecular formula is C14H14S. The second kappa shape index (κ2) is 3.90. The van der Waals surface area contributed by atoms with E-state index in [1.54, 1.807) is 0 Å². The summed E-state index contributed by atoms with van der Waals surface area (Å²) in [6, 6.07) is 15.4. The molecule has 1 heteroatoms. The van der Waals surface area contributed by atoms with Crippen molar-refractivity contribution in [2.24, 2.45) is 0 Å². The third-order valence-corrected chi connectivity index (χ3v) is 4.52. The number of rotatable bonds is 1. The molecule has 2 aromatic carbocycles. The highest BCUT2D eigenvalue weighted by atomic mass is 32.2. The molecule has 2 aromatic rings. The molecule has 1 unspecified atom stereocenters. The highest BCUT2D eigenvalue weighted by Crippen LogP contribution is 2.42. The highest BCUT2D eigenvalue weighted by molar-refractivity contribution is 7.99. The van der Waals surface area contributed by atoms with Gasteiger partial charge in [0.25, 0.3) is 0 Å². The van der Waals surface area contributed by atoms with Gasteiger partial charge in [0.2, 0.25) is 0 Å². The molecule has 0 bridgehead atoms. The van der Waals surface area contributed by atoms with Gasteiger partial charge in [0.15, 0.2) is 0 Å². The van der Waals surface area contributed by atoms with Crippen LogP contribution in [0.1, 0.15) is 23.7 Å². The Morgan fingerprint density at radius 1 is 1.00 bits per heavy atom. The molecular weight excluding hydrogens is 200 g/mol. The average Bonchev–Trinajstić information content (AvgIpc) is 2.82. The summed E-state index contributed by atoms with van der Waals surface area (Å²) in [5, 5.41) is 3.55. The van der Waals surface area contributed by atoms with Gasteiger partial charge in [-0.05, 0) is 34.9 Å². The van der Waals surface area contributed by atoms with E-state index in [0.29, 0.717) is 0 Å². The van der Waals surface area contributed by atoms with Crippen LogP contribution in [-0.2, 0) is 0 Å². The van der Waals surface area contributed by atoms with Crippen LogP contribution < -0.4 is 0 Å². The van der Waals surface area contributed by atoms with E-state index in [0.717, 1.165) is 5.25 Å². The lowest BCUT2D eigenvalue weighted by molar-refractivity contribution is 0.834. The van der Waals surface area contributed by atoms with E-state index in [1.165, 1.54) is 34.9 Å². The maximum Gasteiger partial charge on any atom is 0.0303 e. The summed E-state index contributed by atoms with van der Waals surface area (Å²) in [6.07, 6.45) is 2.72. The van der Waals surface area contributed by atoms with E-state index in [4.69, 9.17) is 0 Å². The largest absolute Gasteiger partial charge is 0.154 e. The lowest BCUT2D eigenvalue weighted by Crippen LogP contribution is -1.89. The molecule has 0 aromatic heterocycles. The molecule has 1 atom stereocenters. The van der Waals surface area contributed by atoms with Crippen LogP contribution in [-0.4, -0.2) is 5.75 Å². The first-order chi connectivity index (χ1) is 7.45. The maximum atomic E-state index is 2.30. The van der Waals surface area contributed by atoms with E-state index in [1.807, 2.05) is 0 Å². The van der Waals surface area contributed by atoms with Crippen molar-refractivity contribution in [1.82, 2.24) is 0 Å². The van der Waals surface area contributed by atoms with Crippen molar-refractivity contribution in [3.8, 4) is 0 Å². The minimum atomic E-state index is 0.732. The van der Waals surface area contributed by atoms with Crippen molar-refractivity contribution in [3.63, 3.8) is 0 Å². The molecule has 0 nitrogen and oxygen atoms in total. The molecule has 76 valence electrons. The van der Waals surface area contributed by atoms with E-state index < -0.39 is 0 Å². The molecule has 1 saturated heterocycles. The number of hydrogen-bond donors (Lipinski definition) is 0. The maximum absolute atomic E-state index is 2.30. The fourth-order valence-corrected chi connectivity index (χ4v) is 3.69. The molecule has 15 heavy (non-hydrogen) atoms. The molecule has 1 aliphatic heterocycles. The van der Waals surface area contributed by atoms with Gasteiger partial charge in [-0.25, -0.2) is 0 Å². The number of thioether (sulfide) groups is 1. The fraction of sp³-hybridized carbons (Fsp3) is 0.286. The van der Waals surface area contributed by atoms with Gasteiger partial charge in [-0.2, -0.15) is 11.8 Å². The van der Waals surface area contributed by atoms with Gasteiger partial charge in [-0.1, -0.05) is 42.5 Å². The Morgan fingerprint density at radius 2 is 1.87 bits per heavy atom. The zero-order chi connectivity index (χ0) is 10.1. The summed E-state index contributed by atoms with van der Waals surface area (Å²) < 4.78 is 0. The van der Waals surface area contributed by atoms with E-state index >= 15 is 0 Å². The van der Waals surface area contributed by atoms with Gasteiger partial charge >= 0.3 is 0 Å². The molecule has 0 N–H and O–H groups in total. The lowest BCUT2D eigenvalue weighted by Gasteiger charge is -2.12. The van der Waals surface area contributed by atoms with Crippen molar-refractivity contribution < 1.29 is 0 Å². The molecule has 3 rings (SSSR count). The minimum Gasteiger partial charge on any atom is -0.154 e. The van der Waals surface area contributed by atoms with Crippen molar-refractivity contribution in [3.05, 3.63) is 48.0 Å². The minimum absolute atomic E-state index is 0.732. The lowest BCUT2D eigenvalue weighted by atomic mass is 10.0. The average molecular weight is 214 g/mol. The van der Waals surface area contributed by atoms with Crippen LogP contribution >= 0.6 is 11.8 Å². The molecule has 0 aliphatic carbocycles. The molecule has 1 heterocycles. The van der Waals surface area contributed by atoms with E-state index in [2.05, 4.69) is 54.2 Å². The Hall–Kier alpha value is -0.950. The molecule has 0 spiro atoms. The Bertz CT molecular complexity index is 464. The Morgan fingerprint density at radius 3 is 2.73 bits per heavy atom. The van der Waals surface area contributed by atoms with Crippen LogP contribution in [0.4, 0.5) is 0 Å². The first kappa shape index (κ1) is 9.29. The van der Waals surface area contributed by atoms with Gasteiger partial charge in [0, 0.05) is 5.25 Å². The van der Waals surface area contributed by atoms with Crippen LogP contribution in [0, 0.1) is 0 Å². The third kappa shape index (κ3) is 1.65. The Kier molecular flexibility index (Phi) is 2.41. The molecule has 0 saturated carbocycles. The Balaban J connectivity index is 2.16. The topological polar surface area (TPSA) is 0 Å². The highest BCUT2D eigenvalue weighted by Gasteiger charge is 2.18. The zero-order valence-corrected chi connectivity index (χ0v) is 9.46. The van der Waals surface area contributed by atoms with Crippen molar-refractivity contribution in [1.29, 1.82) is 0 Å². The number of benzene rings is 2. The van der Waals surface area contributed by atoms with Crippen molar-refractivity contribution in [2.75, 3.05) is 5.75 Å². The first-order valence-electron chi connectivity index (χ1n) is 5.54. The summed E-state index contributed by atoms with van der Waals surface area (Å²) >= 11 is 2.11. The standard InChI is InChI=1S/C14H14S/c1-2-7-12-11(5-1)6-3-8-13(12)14-9-4-10-15-14/h1-3,5-8,14H,4,9-10H2.